The van der Waals surface area contributed by atoms with Gasteiger partial charge in [-0.25, -0.2) is 4.79 Å². The van der Waals surface area contributed by atoms with Gasteiger partial charge in [0.1, 0.15) is 6.29 Å². The Morgan fingerprint density at radius 1 is 1.45 bits per heavy atom. The average molecular weight is 147 g/mol. The summed E-state index contributed by atoms with van der Waals surface area (Å²) in [5.41, 5.74) is 0.950. The second-order valence-corrected chi connectivity index (χ2v) is 1.92. The fourth-order valence-corrected chi connectivity index (χ4v) is 0.720. The van der Waals surface area contributed by atoms with E-state index >= 15 is 0 Å². The molecule has 1 aromatic rings. The molecule has 0 radical (unpaired) electrons. The van der Waals surface area contributed by atoms with Crippen LogP contribution in [0.5, 0.6) is 0 Å². The number of aliphatic imine (C=N–C) groups is 1. The summed E-state index contributed by atoms with van der Waals surface area (Å²) < 4.78 is 0. The third kappa shape index (κ3) is 1.85. The molecule has 0 spiro atoms. The average Bonchev–Trinajstić information content (AvgIpc) is 2.06. The fraction of sp³-hybridized carbons (Fsp3) is 0. The van der Waals surface area contributed by atoms with Gasteiger partial charge in [-0.15, -0.1) is 0 Å². The number of aldehydes is 1. The van der Waals surface area contributed by atoms with Crippen LogP contribution in [-0.2, 0) is 4.79 Å². The highest BCUT2D eigenvalue weighted by Crippen LogP contribution is 2.11. The van der Waals surface area contributed by atoms with Crippen molar-refractivity contribution in [3.63, 3.8) is 0 Å². The van der Waals surface area contributed by atoms with Crippen molar-refractivity contribution in [3.8, 4) is 0 Å². The highest BCUT2D eigenvalue weighted by atomic mass is 16.1. The Hall–Kier alpha value is -1.73. The molecule has 0 aliphatic rings. The molecule has 0 aromatic heterocycles. The van der Waals surface area contributed by atoms with E-state index in [4.69, 9.17) is 0 Å². The largest absolute Gasteiger partial charge is 0.298 e. The standard InChI is InChI=1S/C8H5NO2/c10-5-7-2-1-3-8(4-7)9-6-11/h1-5H. The van der Waals surface area contributed by atoms with E-state index in [0.717, 1.165) is 0 Å². The summed E-state index contributed by atoms with van der Waals surface area (Å²) in [6.07, 6.45) is 2.09. The molecule has 0 fully saturated rings. The molecule has 1 rings (SSSR count). The number of benzene rings is 1. The van der Waals surface area contributed by atoms with Gasteiger partial charge in [0.2, 0.25) is 6.08 Å². The molecule has 11 heavy (non-hydrogen) atoms. The first kappa shape index (κ1) is 7.38. The van der Waals surface area contributed by atoms with Crippen LogP contribution in [0.3, 0.4) is 0 Å². The molecular weight excluding hydrogens is 142 g/mol. The Kier molecular flexibility index (Phi) is 2.31. The van der Waals surface area contributed by atoms with Gasteiger partial charge in [-0.3, -0.25) is 4.79 Å². The lowest BCUT2D eigenvalue weighted by molar-refractivity contribution is 0.112. The number of carbonyl (C=O) groups is 1. The molecule has 0 atom stereocenters. The normalized spacial score (nSPS) is 8.36. The summed E-state index contributed by atoms with van der Waals surface area (Å²) in [5, 5.41) is 0. The van der Waals surface area contributed by atoms with Crippen LogP contribution < -0.4 is 0 Å². The summed E-state index contributed by atoms with van der Waals surface area (Å²) in [5.74, 6) is 0. The summed E-state index contributed by atoms with van der Waals surface area (Å²) in [4.78, 5) is 23.4. The molecule has 3 nitrogen and oxygen atoms in total. The van der Waals surface area contributed by atoms with Gasteiger partial charge in [0, 0.05) is 5.56 Å². The van der Waals surface area contributed by atoms with Crippen LogP contribution in [0.15, 0.2) is 29.3 Å². The molecule has 0 saturated heterocycles. The number of rotatable bonds is 2. The first-order chi connectivity index (χ1) is 5.36. The van der Waals surface area contributed by atoms with E-state index in [1.807, 2.05) is 0 Å². The van der Waals surface area contributed by atoms with E-state index in [0.29, 0.717) is 17.5 Å². The Morgan fingerprint density at radius 3 is 2.91 bits per heavy atom. The van der Waals surface area contributed by atoms with E-state index in [2.05, 4.69) is 4.99 Å². The van der Waals surface area contributed by atoms with Gasteiger partial charge >= 0.3 is 0 Å². The van der Waals surface area contributed by atoms with Gasteiger partial charge in [0.25, 0.3) is 0 Å². The predicted octanol–water partition coefficient (Wildman–Crippen LogP) is 1.47. The topological polar surface area (TPSA) is 46.5 Å². The summed E-state index contributed by atoms with van der Waals surface area (Å²) >= 11 is 0. The van der Waals surface area contributed by atoms with Gasteiger partial charge in [0.05, 0.1) is 5.69 Å². The molecule has 0 saturated carbocycles. The third-order valence-corrected chi connectivity index (χ3v) is 1.18. The maximum absolute atomic E-state index is 10.2. The van der Waals surface area contributed by atoms with E-state index in [-0.39, 0.29) is 0 Å². The van der Waals surface area contributed by atoms with Gasteiger partial charge in [-0.1, -0.05) is 12.1 Å². The minimum atomic E-state index is 0.449. The Morgan fingerprint density at radius 2 is 2.27 bits per heavy atom. The van der Waals surface area contributed by atoms with Gasteiger partial charge < -0.3 is 0 Å². The predicted molar refractivity (Wildman–Crippen MR) is 39.6 cm³/mol. The monoisotopic (exact) mass is 147 g/mol. The van der Waals surface area contributed by atoms with Gasteiger partial charge in [-0.2, -0.15) is 4.99 Å². The molecule has 0 heterocycles. The summed E-state index contributed by atoms with van der Waals surface area (Å²) in [6.45, 7) is 0. The second-order valence-electron chi connectivity index (χ2n) is 1.92. The minimum absolute atomic E-state index is 0.449. The number of hydrogen-bond donors (Lipinski definition) is 0. The van der Waals surface area contributed by atoms with Gasteiger partial charge in [0.15, 0.2) is 0 Å². The van der Waals surface area contributed by atoms with Crippen LogP contribution >= 0.6 is 0 Å². The van der Waals surface area contributed by atoms with Crippen molar-refractivity contribution in [3.05, 3.63) is 29.8 Å². The van der Waals surface area contributed by atoms with Crippen molar-refractivity contribution in [2.75, 3.05) is 0 Å². The SMILES string of the molecule is O=C=Nc1cccc(C=O)c1. The summed E-state index contributed by atoms with van der Waals surface area (Å²) in [7, 11) is 0. The van der Waals surface area contributed by atoms with Crippen molar-refractivity contribution in [1.29, 1.82) is 0 Å². The molecule has 0 unspecified atom stereocenters. The van der Waals surface area contributed by atoms with E-state index in [1.165, 1.54) is 12.1 Å². The van der Waals surface area contributed by atoms with Crippen LogP contribution in [0.2, 0.25) is 0 Å². The fourth-order valence-electron chi connectivity index (χ4n) is 0.720. The zero-order valence-corrected chi connectivity index (χ0v) is 5.65. The zero-order chi connectivity index (χ0) is 8.10. The Bertz CT molecular complexity index is 314. The smallest absolute Gasteiger partial charge is 0.240 e. The summed E-state index contributed by atoms with van der Waals surface area (Å²) in [6, 6.07) is 6.42. The highest BCUT2D eigenvalue weighted by Gasteiger charge is 1.90. The first-order valence-electron chi connectivity index (χ1n) is 3.00. The van der Waals surface area contributed by atoms with E-state index in [1.54, 1.807) is 18.2 Å². The van der Waals surface area contributed by atoms with E-state index < -0.39 is 0 Å². The molecule has 3 heteroatoms. The minimum Gasteiger partial charge on any atom is -0.298 e. The number of isocyanates is 1. The highest BCUT2D eigenvalue weighted by molar-refractivity contribution is 5.76. The van der Waals surface area contributed by atoms with Crippen molar-refractivity contribution >= 4 is 18.1 Å². The number of nitrogens with zero attached hydrogens (tertiary/aromatic N) is 1. The molecule has 0 aliphatic heterocycles. The molecule has 1 aromatic carbocycles. The Balaban J connectivity index is 3.09. The molecule has 0 amide bonds. The maximum Gasteiger partial charge on any atom is 0.240 e. The van der Waals surface area contributed by atoms with Crippen LogP contribution in [0.25, 0.3) is 0 Å². The Labute approximate surface area is 63.4 Å². The number of hydrogen-bond acceptors (Lipinski definition) is 3. The van der Waals surface area contributed by atoms with Crippen LogP contribution in [0.4, 0.5) is 5.69 Å². The lowest BCUT2D eigenvalue weighted by atomic mass is 10.2. The third-order valence-electron chi connectivity index (χ3n) is 1.18. The van der Waals surface area contributed by atoms with Gasteiger partial charge in [-0.05, 0) is 12.1 Å². The van der Waals surface area contributed by atoms with Crippen molar-refractivity contribution < 1.29 is 9.59 Å². The van der Waals surface area contributed by atoms with Crippen LogP contribution in [-0.4, -0.2) is 12.4 Å². The maximum atomic E-state index is 10.2. The van der Waals surface area contributed by atoms with Crippen molar-refractivity contribution in [2.45, 2.75) is 0 Å². The zero-order valence-electron chi connectivity index (χ0n) is 5.65. The molecule has 54 valence electrons. The lowest BCUT2D eigenvalue weighted by Crippen LogP contribution is -1.75. The second kappa shape index (κ2) is 3.44. The molecular formula is C8H5NO2. The van der Waals surface area contributed by atoms with E-state index in [9.17, 15) is 9.59 Å². The van der Waals surface area contributed by atoms with Crippen molar-refractivity contribution in [2.24, 2.45) is 4.99 Å². The quantitative estimate of drug-likeness (QED) is 0.361. The van der Waals surface area contributed by atoms with Crippen LogP contribution in [0.1, 0.15) is 10.4 Å². The lowest BCUT2D eigenvalue weighted by Gasteiger charge is -1.89. The molecule has 0 N–H and O–H groups in total. The molecule has 0 bridgehead atoms. The molecule has 0 aliphatic carbocycles. The van der Waals surface area contributed by atoms with Crippen LogP contribution in [0, 0.1) is 0 Å². The first-order valence-corrected chi connectivity index (χ1v) is 3.00. The number of carbonyl (C=O) groups excluding carboxylic acids is 2. The van der Waals surface area contributed by atoms with Crippen molar-refractivity contribution in [1.82, 2.24) is 0 Å².